The molecule has 1 aliphatic rings. The van der Waals surface area contributed by atoms with Gasteiger partial charge in [0.25, 0.3) is 0 Å². The molecule has 1 N–H and O–H groups in total. The maximum atomic E-state index is 12.4. The van der Waals surface area contributed by atoms with Gasteiger partial charge in [-0.05, 0) is 37.1 Å². The fourth-order valence-corrected chi connectivity index (χ4v) is 1.94. The quantitative estimate of drug-likeness (QED) is 0.858. The summed E-state index contributed by atoms with van der Waals surface area (Å²) in [4.78, 5) is 2.09. The molecule has 1 aromatic carbocycles. The molecule has 0 spiro atoms. The van der Waals surface area contributed by atoms with Crippen LogP contribution in [0.15, 0.2) is 24.3 Å². The molecule has 0 saturated heterocycles. The summed E-state index contributed by atoms with van der Waals surface area (Å²) in [6, 6.07) is 5.34. The van der Waals surface area contributed by atoms with Crippen molar-refractivity contribution in [3.8, 4) is 11.8 Å². The van der Waals surface area contributed by atoms with Crippen molar-refractivity contribution in [2.45, 2.75) is 25.1 Å². The topological polar surface area (TPSA) is 23.5 Å². The van der Waals surface area contributed by atoms with Crippen LogP contribution in [0.3, 0.4) is 0 Å². The highest BCUT2D eigenvalue weighted by atomic mass is 19.4. The van der Waals surface area contributed by atoms with Gasteiger partial charge in [-0.1, -0.05) is 11.8 Å². The second-order valence-corrected chi connectivity index (χ2v) is 4.80. The highest BCUT2D eigenvalue weighted by Crippen LogP contribution is 2.29. The minimum atomic E-state index is -4.31. The van der Waals surface area contributed by atoms with Crippen LogP contribution < -0.4 is 0 Å². The van der Waals surface area contributed by atoms with Gasteiger partial charge in [-0.2, -0.15) is 13.2 Å². The summed E-state index contributed by atoms with van der Waals surface area (Å²) in [5.74, 6) is 5.80. The summed E-state index contributed by atoms with van der Waals surface area (Å²) < 4.78 is 37.2. The van der Waals surface area contributed by atoms with E-state index in [1.54, 1.807) is 0 Å². The van der Waals surface area contributed by atoms with Crippen LogP contribution >= 0.6 is 0 Å². The lowest BCUT2D eigenvalue weighted by molar-refractivity contribution is -0.137. The maximum Gasteiger partial charge on any atom is 0.416 e. The van der Waals surface area contributed by atoms with Gasteiger partial charge in [0, 0.05) is 18.2 Å². The van der Waals surface area contributed by atoms with Crippen molar-refractivity contribution in [2.75, 3.05) is 19.7 Å². The van der Waals surface area contributed by atoms with Gasteiger partial charge in [0.15, 0.2) is 0 Å². The van der Waals surface area contributed by atoms with Gasteiger partial charge in [-0.15, -0.1) is 0 Å². The van der Waals surface area contributed by atoms with Crippen molar-refractivity contribution in [1.29, 1.82) is 0 Å². The number of benzene rings is 1. The standard InChI is InChI=1S/C15H16F3NO/c16-15(17,18)13-5-3-12(4-6-13)2-1-9-19(10-11-20)14-7-8-14/h3-6,14,20H,7-11H2. The third-order valence-corrected chi connectivity index (χ3v) is 3.18. The Balaban J connectivity index is 1.94. The molecule has 1 aliphatic carbocycles. The molecule has 5 heteroatoms. The van der Waals surface area contributed by atoms with Gasteiger partial charge in [0.05, 0.1) is 18.7 Å². The molecule has 0 amide bonds. The molecular weight excluding hydrogens is 267 g/mol. The average Bonchev–Trinajstić information content (AvgIpc) is 3.21. The molecular formula is C15H16F3NO. The van der Waals surface area contributed by atoms with Gasteiger partial charge in [0.2, 0.25) is 0 Å². The highest BCUT2D eigenvalue weighted by Gasteiger charge is 2.30. The number of alkyl halides is 3. The van der Waals surface area contributed by atoms with Crippen LogP contribution in [0.2, 0.25) is 0 Å². The summed E-state index contributed by atoms with van der Waals surface area (Å²) in [6.45, 7) is 1.22. The maximum absolute atomic E-state index is 12.4. The Bertz CT molecular complexity index is 495. The first-order valence-electron chi connectivity index (χ1n) is 6.52. The molecule has 108 valence electrons. The number of aliphatic hydroxyl groups is 1. The largest absolute Gasteiger partial charge is 0.416 e. The summed E-state index contributed by atoms with van der Waals surface area (Å²) >= 11 is 0. The molecule has 2 rings (SSSR count). The highest BCUT2D eigenvalue weighted by molar-refractivity contribution is 5.37. The lowest BCUT2D eigenvalue weighted by Gasteiger charge is -2.16. The third kappa shape index (κ3) is 4.26. The van der Waals surface area contributed by atoms with Gasteiger partial charge in [-0.3, -0.25) is 4.90 Å². The van der Waals surface area contributed by atoms with E-state index in [0.717, 1.165) is 25.0 Å². The van der Waals surface area contributed by atoms with Crippen LogP contribution in [0.5, 0.6) is 0 Å². The first-order valence-corrected chi connectivity index (χ1v) is 6.52. The zero-order chi connectivity index (χ0) is 14.6. The fraction of sp³-hybridized carbons (Fsp3) is 0.467. The van der Waals surface area contributed by atoms with Gasteiger partial charge in [0.1, 0.15) is 0 Å². The number of aliphatic hydroxyl groups excluding tert-OH is 1. The van der Waals surface area contributed by atoms with Crippen LogP contribution in [0, 0.1) is 11.8 Å². The number of hydrogen-bond donors (Lipinski definition) is 1. The molecule has 2 nitrogen and oxygen atoms in total. The van der Waals surface area contributed by atoms with E-state index >= 15 is 0 Å². The van der Waals surface area contributed by atoms with Crippen molar-refractivity contribution in [1.82, 2.24) is 4.90 Å². The van der Waals surface area contributed by atoms with Crippen LogP contribution in [-0.4, -0.2) is 35.7 Å². The number of halogens is 3. The Morgan fingerprint density at radius 2 is 1.85 bits per heavy atom. The monoisotopic (exact) mass is 283 g/mol. The molecule has 0 aromatic heterocycles. The second-order valence-electron chi connectivity index (χ2n) is 4.80. The Morgan fingerprint density at radius 3 is 2.35 bits per heavy atom. The van der Waals surface area contributed by atoms with E-state index in [2.05, 4.69) is 16.7 Å². The minimum absolute atomic E-state index is 0.0957. The smallest absolute Gasteiger partial charge is 0.395 e. The predicted octanol–water partition coefficient (Wildman–Crippen LogP) is 2.51. The van der Waals surface area contributed by atoms with E-state index < -0.39 is 11.7 Å². The van der Waals surface area contributed by atoms with Crippen LogP contribution in [0.4, 0.5) is 13.2 Å². The summed E-state index contributed by atoms with van der Waals surface area (Å²) in [5.41, 5.74) is -0.0966. The van der Waals surface area contributed by atoms with E-state index in [9.17, 15) is 13.2 Å². The predicted molar refractivity (Wildman–Crippen MR) is 70.0 cm³/mol. The average molecular weight is 283 g/mol. The molecule has 0 unspecified atom stereocenters. The van der Waals surface area contributed by atoms with Gasteiger partial charge < -0.3 is 5.11 Å². The van der Waals surface area contributed by atoms with E-state index in [1.807, 2.05) is 0 Å². The molecule has 0 radical (unpaired) electrons. The molecule has 0 aliphatic heterocycles. The Kier molecular flexibility index (Phi) is 4.69. The molecule has 0 heterocycles. The molecule has 20 heavy (non-hydrogen) atoms. The molecule has 1 aromatic rings. The van der Waals surface area contributed by atoms with Crippen molar-refractivity contribution in [2.24, 2.45) is 0 Å². The lowest BCUT2D eigenvalue weighted by Crippen LogP contribution is -2.29. The Hall–Kier alpha value is -1.51. The zero-order valence-electron chi connectivity index (χ0n) is 11.0. The van der Waals surface area contributed by atoms with Crippen molar-refractivity contribution in [3.05, 3.63) is 35.4 Å². The van der Waals surface area contributed by atoms with Gasteiger partial charge >= 0.3 is 6.18 Å². The summed E-state index contributed by atoms with van der Waals surface area (Å²) in [6.07, 6.45) is -2.06. The van der Waals surface area contributed by atoms with Crippen LogP contribution in [0.1, 0.15) is 24.0 Å². The number of rotatable bonds is 4. The zero-order valence-corrected chi connectivity index (χ0v) is 11.0. The third-order valence-electron chi connectivity index (χ3n) is 3.18. The first kappa shape index (κ1) is 14.9. The molecule has 0 atom stereocenters. The van der Waals surface area contributed by atoms with Crippen molar-refractivity contribution < 1.29 is 18.3 Å². The van der Waals surface area contributed by atoms with E-state index in [0.29, 0.717) is 24.7 Å². The van der Waals surface area contributed by atoms with Crippen LogP contribution in [0.25, 0.3) is 0 Å². The normalized spacial score (nSPS) is 15.1. The van der Waals surface area contributed by atoms with E-state index in [1.165, 1.54) is 12.1 Å². The summed E-state index contributed by atoms with van der Waals surface area (Å²) in [7, 11) is 0. The Labute approximate surface area is 116 Å². The van der Waals surface area contributed by atoms with Crippen molar-refractivity contribution in [3.63, 3.8) is 0 Å². The summed E-state index contributed by atoms with van der Waals surface area (Å²) in [5, 5.41) is 8.94. The minimum Gasteiger partial charge on any atom is -0.395 e. The molecule has 1 saturated carbocycles. The Morgan fingerprint density at radius 1 is 1.20 bits per heavy atom. The molecule has 1 fully saturated rings. The van der Waals surface area contributed by atoms with E-state index in [-0.39, 0.29) is 6.61 Å². The lowest BCUT2D eigenvalue weighted by atomic mass is 10.1. The SMILES string of the molecule is OCCN(CC#Cc1ccc(C(F)(F)F)cc1)C1CC1. The number of hydrogen-bond acceptors (Lipinski definition) is 2. The van der Waals surface area contributed by atoms with Crippen molar-refractivity contribution >= 4 is 0 Å². The fourth-order valence-electron chi connectivity index (χ4n) is 1.94. The van der Waals surface area contributed by atoms with Gasteiger partial charge in [-0.25, -0.2) is 0 Å². The first-order chi connectivity index (χ1) is 9.50. The second kappa shape index (κ2) is 6.29. The molecule has 0 bridgehead atoms. The van der Waals surface area contributed by atoms with E-state index in [4.69, 9.17) is 5.11 Å². The number of nitrogens with zero attached hydrogens (tertiary/aromatic N) is 1. The van der Waals surface area contributed by atoms with Crippen LogP contribution in [-0.2, 0) is 6.18 Å².